The van der Waals surface area contributed by atoms with Gasteiger partial charge in [-0.3, -0.25) is 9.59 Å². The molecular formula is C21H28N2O3. The van der Waals surface area contributed by atoms with Gasteiger partial charge in [0.25, 0.3) is 5.91 Å². The number of carbonyl (C=O) groups is 2. The number of carbonyl (C=O) groups excluding carboxylic acids is 2. The number of ether oxygens (including phenoxy) is 1. The Bertz CT molecular complexity index is 709. The Morgan fingerprint density at radius 2 is 2.08 bits per heavy atom. The van der Waals surface area contributed by atoms with Crippen LogP contribution in [0.15, 0.2) is 35.9 Å². The molecule has 5 nitrogen and oxygen atoms in total. The summed E-state index contributed by atoms with van der Waals surface area (Å²) in [6, 6.07) is 7.47. The second-order valence-corrected chi connectivity index (χ2v) is 7.49. The fourth-order valence-electron chi connectivity index (χ4n) is 3.54. The van der Waals surface area contributed by atoms with Gasteiger partial charge < -0.3 is 15.0 Å². The Morgan fingerprint density at radius 3 is 2.85 bits per heavy atom. The summed E-state index contributed by atoms with van der Waals surface area (Å²) < 4.78 is 5.80. The van der Waals surface area contributed by atoms with Gasteiger partial charge in [0.05, 0.1) is 5.69 Å². The molecule has 0 atom stereocenters. The molecule has 3 rings (SSSR count). The first-order chi connectivity index (χ1) is 12.5. The summed E-state index contributed by atoms with van der Waals surface area (Å²) in [5.74, 6) is 0.550. The van der Waals surface area contributed by atoms with E-state index in [0.29, 0.717) is 18.8 Å². The first kappa shape index (κ1) is 18.5. The molecule has 26 heavy (non-hydrogen) atoms. The lowest BCUT2D eigenvalue weighted by molar-refractivity contribution is -0.132. The maximum atomic E-state index is 12.7. The Kier molecular flexibility index (Phi) is 5.64. The van der Waals surface area contributed by atoms with Crippen molar-refractivity contribution in [1.29, 1.82) is 0 Å². The third kappa shape index (κ3) is 4.26. The van der Waals surface area contributed by atoms with E-state index in [2.05, 4.69) is 11.4 Å². The number of anilines is 1. The number of hydrogen-bond donors (Lipinski definition) is 1. The molecule has 2 aliphatic rings. The zero-order valence-electron chi connectivity index (χ0n) is 15.7. The highest BCUT2D eigenvalue weighted by Crippen LogP contribution is 2.37. The number of allylic oxidation sites excluding steroid dienone is 1. The van der Waals surface area contributed by atoms with Gasteiger partial charge in [-0.15, -0.1) is 0 Å². The minimum absolute atomic E-state index is 0.0176. The fourth-order valence-corrected chi connectivity index (χ4v) is 3.54. The molecule has 2 amide bonds. The largest absolute Gasteiger partial charge is 0.476 e. The Labute approximate surface area is 155 Å². The molecule has 0 bridgehead atoms. The van der Waals surface area contributed by atoms with Crippen molar-refractivity contribution in [2.45, 2.75) is 58.0 Å². The van der Waals surface area contributed by atoms with Gasteiger partial charge in [0, 0.05) is 19.5 Å². The van der Waals surface area contributed by atoms with E-state index in [9.17, 15) is 9.59 Å². The van der Waals surface area contributed by atoms with Crippen molar-refractivity contribution in [3.63, 3.8) is 0 Å². The third-order valence-electron chi connectivity index (χ3n) is 5.00. The number of amides is 2. The first-order valence-corrected chi connectivity index (χ1v) is 9.52. The molecule has 0 fully saturated rings. The van der Waals surface area contributed by atoms with Crippen molar-refractivity contribution in [1.82, 2.24) is 5.32 Å². The van der Waals surface area contributed by atoms with Crippen LogP contribution in [0.2, 0.25) is 0 Å². The lowest BCUT2D eigenvalue weighted by atomic mass is 9.97. The summed E-state index contributed by atoms with van der Waals surface area (Å²) in [7, 11) is 0. The van der Waals surface area contributed by atoms with E-state index in [0.717, 1.165) is 24.9 Å². The highest BCUT2D eigenvalue weighted by molar-refractivity contribution is 6.02. The zero-order valence-corrected chi connectivity index (χ0v) is 15.7. The summed E-state index contributed by atoms with van der Waals surface area (Å²) in [6.45, 7) is 4.55. The smallest absolute Gasteiger partial charge is 0.270 e. The maximum absolute atomic E-state index is 12.7. The van der Waals surface area contributed by atoms with Gasteiger partial charge in [-0.05, 0) is 58.1 Å². The number of nitrogens with one attached hydrogen (secondary N) is 1. The standard InChI is InChI=1S/C21H28N2O3/c1-21(2)20(25)23(17-10-6-7-11-18(17)26-21)15-13-19(24)22-14-12-16-8-4-3-5-9-16/h6-8,10-11H,3-5,9,12-15H2,1-2H3,(H,22,24). The quantitative estimate of drug-likeness (QED) is 0.793. The lowest BCUT2D eigenvalue weighted by Crippen LogP contribution is -2.53. The zero-order chi connectivity index (χ0) is 18.6. The van der Waals surface area contributed by atoms with Gasteiger partial charge in [-0.25, -0.2) is 0 Å². The summed E-state index contributed by atoms with van der Waals surface area (Å²) in [5, 5.41) is 2.98. The van der Waals surface area contributed by atoms with Crippen LogP contribution in [0.4, 0.5) is 5.69 Å². The molecular weight excluding hydrogens is 328 g/mol. The molecule has 1 heterocycles. The second-order valence-electron chi connectivity index (χ2n) is 7.49. The summed E-state index contributed by atoms with van der Waals surface area (Å²) in [5.41, 5.74) is 1.27. The van der Waals surface area contributed by atoms with Crippen molar-refractivity contribution in [3.05, 3.63) is 35.9 Å². The first-order valence-electron chi connectivity index (χ1n) is 9.52. The molecule has 1 aromatic rings. The predicted molar refractivity (Wildman–Crippen MR) is 102 cm³/mol. The number of nitrogens with zero attached hydrogens (tertiary/aromatic N) is 1. The van der Waals surface area contributed by atoms with E-state index < -0.39 is 5.60 Å². The topological polar surface area (TPSA) is 58.6 Å². The SMILES string of the molecule is CC1(C)Oc2ccccc2N(CCC(=O)NCCC2=CCCCC2)C1=O. The molecule has 0 spiro atoms. The number of rotatable bonds is 6. The van der Waals surface area contributed by atoms with Crippen molar-refractivity contribution in [2.24, 2.45) is 0 Å². The number of fused-ring (bicyclic) bond motifs is 1. The third-order valence-corrected chi connectivity index (χ3v) is 5.00. The lowest BCUT2D eigenvalue weighted by Gasteiger charge is -2.38. The van der Waals surface area contributed by atoms with Crippen LogP contribution in [0.5, 0.6) is 5.75 Å². The van der Waals surface area contributed by atoms with Gasteiger partial charge in [-0.1, -0.05) is 23.8 Å². The van der Waals surface area contributed by atoms with Gasteiger partial charge in [0.1, 0.15) is 5.75 Å². The van der Waals surface area contributed by atoms with Crippen LogP contribution in [-0.2, 0) is 9.59 Å². The van der Waals surface area contributed by atoms with Crippen LogP contribution >= 0.6 is 0 Å². The minimum Gasteiger partial charge on any atom is -0.476 e. The monoisotopic (exact) mass is 356 g/mol. The van der Waals surface area contributed by atoms with Crippen molar-refractivity contribution < 1.29 is 14.3 Å². The second kappa shape index (κ2) is 7.94. The molecule has 0 aromatic heterocycles. The Morgan fingerprint density at radius 1 is 1.27 bits per heavy atom. The average Bonchev–Trinajstić information content (AvgIpc) is 2.63. The molecule has 140 valence electrons. The van der Waals surface area contributed by atoms with Crippen LogP contribution in [0.3, 0.4) is 0 Å². The average molecular weight is 356 g/mol. The summed E-state index contributed by atoms with van der Waals surface area (Å²) in [6.07, 6.45) is 8.38. The van der Waals surface area contributed by atoms with Crippen LogP contribution in [0.25, 0.3) is 0 Å². The van der Waals surface area contributed by atoms with E-state index in [4.69, 9.17) is 4.74 Å². The molecule has 0 radical (unpaired) electrons. The van der Waals surface area contributed by atoms with E-state index in [-0.39, 0.29) is 18.2 Å². The predicted octanol–water partition coefficient (Wildman–Crippen LogP) is 3.59. The van der Waals surface area contributed by atoms with Crippen LogP contribution < -0.4 is 15.0 Å². The van der Waals surface area contributed by atoms with Gasteiger partial charge in [0.15, 0.2) is 5.60 Å². The molecule has 0 unspecified atom stereocenters. The van der Waals surface area contributed by atoms with Crippen molar-refractivity contribution in [2.75, 3.05) is 18.0 Å². The van der Waals surface area contributed by atoms with Crippen molar-refractivity contribution >= 4 is 17.5 Å². The Hall–Kier alpha value is -2.30. The van der Waals surface area contributed by atoms with E-state index >= 15 is 0 Å². The minimum atomic E-state index is -0.918. The molecule has 1 aliphatic heterocycles. The maximum Gasteiger partial charge on any atom is 0.270 e. The van der Waals surface area contributed by atoms with E-state index in [1.807, 2.05) is 24.3 Å². The van der Waals surface area contributed by atoms with E-state index in [1.165, 1.54) is 18.4 Å². The van der Waals surface area contributed by atoms with Gasteiger partial charge in [-0.2, -0.15) is 0 Å². The van der Waals surface area contributed by atoms with Crippen LogP contribution in [-0.4, -0.2) is 30.5 Å². The molecule has 0 saturated carbocycles. The van der Waals surface area contributed by atoms with E-state index in [1.54, 1.807) is 18.7 Å². The fraction of sp³-hybridized carbons (Fsp3) is 0.524. The summed E-state index contributed by atoms with van der Waals surface area (Å²) in [4.78, 5) is 26.6. The van der Waals surface area contributed by atoms with Crippen LogP contribution in [0, 0.1) is 0 Å². The molecule has 0 saturated heterocycles. The number of para-hydroxylation sites is 2. The van der Waals surface area contributed by atoms with Crippen molar-refractivity contribution in [3.8, 4) is 5.75 Å². The van der Waals surface area contributed by atoms with Gasteiger partial charge in [0.2, 0.25) is 5.91 Å². The normalized spacial score (nSPS) is 18.6. The molecule has 1 N–H and O–H groups in total. The number of hydrogen-bond acceptors (Lipinski definition) is 3. The Balaban J connectivity index is 1.54. The van der Waals surface area contributed by atoms with Gasteiger partial charge >= 0.3 is 0 Å². The number of benzene rings is 1. The molecule has 1 aromatic carbocycles. The van der Waals surface area contributed by atoms with Crippen LogP contribution in [0.1, 0.15) is 52.4 Å². The molecule has 1 aliphatic carbocycles. The highest BCUT2D eigenvalue weighted by Gasteiger charge is 2.40. The summed E-state index contributed by atoms with van der Waals surface area (Å²) >= 11 is 0. The molecule has 5 heteroatoms. The highest BCUT2D eigenvalue weighted by atomic mass is 16.5.